The first kappa shape index (κ1) is 22.4. The van der Waals surface area contributed by atoms with Crippen molar-refractivity contribution in [1.82, 2.24) is 24.7 Å². The van der Waals surface area contributed by atoms with Gasteiger partial charge < -0.3 is 10.2 Å². The van der Waals surface area contributed by atoms with Crippen LogP contribution in [0.2, 0.25) is 0 Å². The van der Waals surface area contributed by atoms with Crippen LogP contribution < -0.4 is 5.32 Å². The van der Waals surface area contributed by atoms with Crippen LogP contribution in [0.25, 0.3) is 10.9 Å². The van der Waals surface area contributed by atoms with Crippen molar-refractivity contribution in [2.24, 2.45) is 5.92 Å². The van der Waals surface area contributed by atoms with Crippen LogP contribution in [-0.4, -0.2) is 84.1 Å². The van der Waals surface area contributed by atoms with Crippen LogP contribution in [0, 0.1) is 5.92 Å². The topological polar surface area (TPSA) is 47.5 Å². The molecule has 2 aromatic rings. The van der Waals surface area contributed by atoms with Crippen LogP contribution in [0.5, 0.6) is 0 Å². The molecule has 2 heterocycles. The van der Waals surface area contributed by atoms with Gasteiger partial charge in [0.25, 0.3) is 0 Å². The minimum absolute atomic E-state index is 0.806. The molecule has 0 spiro atoms. The minimum Gasteiger partial charge on any atom is -0.369 e. The summed E-state index contributed by atoms with van der Waals surface area (Å²) in [7, 11) is 4.24. The van der Waals surface area contributed by atoms with Crippen LogP contribution in [0.1, 0.15) is 44.9 Å². The summed E-state index contributed by atoms with van der Waals surface area (Å²) in [5.41, 5.74) is 1.04. The molecule has 1 aliphatic heterocycles. The summed E-state index contributed by atoms with van der Waals surface area (Å²) in [5.74, 6) is 2.81. The van der Waals surface area contributed by atoms with Gasteiger partial charge in [0.2, 0.25) is 0 Å². The Balaban J connectivity index is 1.37. The van der Waals surface area contributed by atoms with Crippen molar-refractivity contribution in [1.29, 1.82) is 0 Å². The molecule has 1 saturated carbocycles. The first-order valence-electron chi connectivity index (χ1n) is 12.2. The lowest BCUT2D eigenvalue weighted by Gasteiger charge is -2.41. The van der Waals surface area contributed by atoms with Gasteiger partial charge in [-0.15, -0.1) is 0 Å². The third-order valence-corrected chi connectivity index (χ3v) is 6.92. The highest BCUT2D eigenvalue weighted by Gasteiger charge is 2.27. The number of para-hydroxylation sites is 1. The summed E-state index contributed by atoms with van der Waals surface area (Å²) in [6.45, 7) is 9.86. The number of nitrogens with zero attached hydrogens (tertiary/aromatic N) is 5. The number of hydrogen-bond acceptors (Lipinski definition) is 6. The van der Waals surface area contributed by atoms with Gasteiger partial charge in [0.1, 0.15) is 11.6 Å². The van der Waals surface area contributed by atoms with E-state index in [1.165, 1.54) is 38.8 Å². The summed E-state index contributed by atoms with van der Waals surface area (Å²) in [6.07, 6.45) is 6.70. The number of rotatable bonds is 8. The predicted octanol–water partition coefficient (Wildman–Crippen LogP) is 3.69. The number of hydrogen-bond donors (Lipinski definition) is 1. The molecule has 0 bridgehead atoms. The van der Waals surface area contributed by atoms with E-state index in [1.54, 1.807) is 0 Å². The molecule has 2 aliphatic rings. The average molecular weight is 425 g/mol. The first-order chi connectivity index (χ1) is 15.1. The van der Waals surface area contributed by atoms with Gasteiger partial charge in [-0.25, -0.2) is 9.97 Å². The van der Waals surface area contributed by atoms with E-state index in [1.807, 2.05) is 0 Å². The van der Waals surface area contributed by atoms with E-state index in [0.29, 0.717) is 0 Å². The smallest absolute Gasteiger partial charge is 0.145 e. The van der Waals surface area contributed by atoms with Crippen LogP contribution in [-0.2, 0) is 6.54 Å². The van der Waals surface area contributed by atoms with E-state index in [-0.39, 0.29) is 0 Å². The zero-order chi connectivity index (χ0) is 21.6. The molecule has 6 heteroatoms. The van der Waals surface area contributed by atoms with Crippen molar-refractivity contribution in [2.45, 2.75) is 51.6 Å². The standard InChI is InChI=1S/C25H40N6/c1-20-8-6-9-21(18-20)31-16-14-30(15-17-31)19-24-27-23-11-5-4-10-22(23)25(28-24)26-12-7-13-29(2)3/h4-5,10-11,20-21H,6-9,12-19H2,1-3H3,(H,26,27,28). The Kier molecular flexibility index (Phi) is 7.75. The molecule has 2 atom stereocenters. The van der Waals surface area contributed by atoms with E-state index in [9.17, 15) is 0 Å². The van der Waals surface area contributed by atoms with Crippen LogP contribution in [0.15, 0.2) is 24.3 Å². The molecule has 0 amide bonds. The highest BCUT2D eigenvalue weighted by molar-refractivity contribution is 5.88. The second-order valence-electron chi connectivity index (χ2n) is 9.83. The Morgan fingerprint density at radius 1 is 1.06 bits per heavy atom. The molecular weight excluding hydrogens is 384 g/mol. The van der Waals surface area contributed by atoms with Gasteiger partial charge in [0, 0.05) is 44.2 Å². The third kappa shape index (κ3) is 6.15. The fourth-order valence-electron chi connectivity index (χ4n) is 5.15. The second kappa shape index (κ2) is 10.7. The molecule has 4 rings (SSSR count). The Labute approximate surface area is 188 Å². The largest absolute Gasteiger partial charge is 0.369 e. The van der Waals surface area contributed by atoms with Crippen molar-refractivity contribution in [3.63, 3.8) is 0 Å². The molecule has 170 valence electrons. The van der Waals surface area contributed by atoms with Gasteiger partial charge in [-0.2, -0.15) is 0 Å². The van der Waals surface area contributed by atoms with Crippen LogP contribution >= 0.6 is 0 Å². The Hall–Kier alpha value is -1.76. The lowest BCUT2D eigenvalue weighted by atomic mass is 9.86. The number of anilines is 1. The van der Waals surface area contributed by atoms with Crippen molar-refractivity contribution in [3.05, 3.63) is 30.1 Å². The lowest BCUT2D eigenvalue weighted by molar-refractivity contribution is 0.0649. The molecule has 0 radical (unpaired) electrons. The Bertz CT molecular complexity index is 830. The summed E-state index contributed by atoms with van der Waals surface area (Å²) >= 11 is 0. The summed E-state index contributed by atoms with van der Waals surface area (Å²) in [5, 5.41) is 4.69. The van der Waals surface area contributed by atoms with Crippen molar-refractivity contribution >= 4 is 16.7 Å². The van der Waals surface area contributed by atoms with Gasteiger partial charge in [0.05, 0.1) is 12.1 Å². The van der Waals surface area contributed by atoms with Crippen LogP contribution in [0.4, 0.5) is 5.82 Å². The molecule has 2 fully saturated rings. The van der Waals surface area contributed by atoms with E-state index >= 15 is 0 Å². The maximum atomic E-state index is 4.94. The highest BCUT2D eigenvalue weighted by Crippen LogP contribution is 2.28. The molecule has 1 aromatic heterocycles. The number of benzene rings is 1. The van der Waals surface area contributed by atoms with Gasteiger partial charge in [-0.05, 0) is 58.0 Å². The molecule has 31 heavy (non-hydrogen) atoms. The van der Waals surface area contributed by atoms with E-state index in [0.717, 1.165) is 73.6 Å². The summed E-state index contributed by atoms with van der Waals surface area (Å²) in [4.78, 5) is 17.3. The Morgan fingerprint density at radius 3 is 2.65 bits per heavy atom. The molecule has 1 saturated heterocycles. The van der Waals surface area contributed by atoms with Gasteiger partial charge in [-0.3, -0.25) is 9.80 Å². The SMILES string of the molecule is CC1CCCC(N2CCN(Cc3nc(NCCCN(C)C)c4ccccc4n3)CC2)C1. The van der Waals surface area contributed by atoms with Crippen molar-refractivity contribution in [2.75, 3.05) is 58.7 Å². The van der Waals surface area contributed by atoms with Crippen molar-refractivity contribution < 1.29 is 0 Å². The number of aromatic nitrogens is 2. The fraction of sp³-hybridized carbons (Fsp3) is 0.680. The first-order valence-corrected chi connectivity index (χ1v) is 12.2. The zero-order valence-corrected chi connectivity index (χ0v) is 19.7. The molecule has 1 aromatic carbocycles. The van der Waals surface area contributed by atoms with E-state index in [2.05, 4.69) is 65.3 Å². The number of fused-ring (bicyclic) bond motifs is 1. The lowest BCUT2D eigenvalue weighted by Crippen LogP contribution is -2.51. The van der Waals surface area contributed by atoms with Gasteiger partial charge in [-0.1, -0.05) is 31.9 Å². The van der Waals surface area contributed by atoms with Crippen molar-refractivity contribution in [3.8, 4) is 0 Å². The third-order valence-electron chi connectivity index (χ3n) is 6.92. The summed E-state index contributed by atoms with van der Waals surface area (Å²) in [6, 6.07) is 9.17. The fourth-order valence-corrected chi connectivity index (χ4v) is 5.15. The normalized spacial score (nSPS) is 23.5. The maximum absolute atomic E-state index is 4.94. The molecule has 2 unspecified atom stereocenters. The van der Waals surface area contributed by atoms with Crippen LogP contribution in [0.3, 0.4) is 0 Å². The maximum Gasteiger partial charge on any atom is 0.145 e. The number of piperazine rings is 1. The quantitative estimate of drug-likeness (QED) is 0.652. The minimum atomic E-state index is 0.806. The van der Waals surface area contributed by atoms with Gasteiger partial charge in [0.15, 0.2) is 0 Å². The highest BCUT2D eigenvalue weighted by atomic mass is 15.3. The monoisotopic (exact) mass is 424 g/mol. The van der Waals surface area contributed by atoms with E-state index < -0.39 is 0 Å². The predicted molar refractivity (Wildman–Crippen MR) is 129 cm³/mol. The van der Waals surface area contributed by atoms with E-state index in [4.69, 9.17) is 9.97 Å². The zero-order valence-electron chi connectivity index (χ0n) is 19.7. The van der Waals surface area contributed by atoms with Gasteiger partial charge >= 0.3 is 0 Å². The molecule has 1 N–H and O–H groups in total. The number of nitrogens with one attached hydrogen (secondary N) is 1. The average Bonchev–Trinajstić information content (AvgIpc) is 2.77. The molecular formula is C25H40N6. The molecule has 1 aliphatic carbocycles. The second-order valence-corrected chi connectivity index (χ2v) is 9.83. The summed E-state index contributed by atoms with van der Waals surface area (Å²) < 4.78 is 0. The molecule has 6 nitrogen and oxygen atoms in total. The Morgan fingerprint density at radius 2 is 1.87 bits per heavy atom.